The quantitative estimate of drug-likeness (QED) is 0.693. The summed E-state index contributed by atoms with van der Waals surface area (Å²) in [5.41, 5.74) is 0. The van der Waals surface area contributed by atoms with Crippen LogP contribution in [0.3, 0.4) is 0 Å². The zero-order valence-corrected chi connectivity index (χ0v) is 9.50. The van der Waals surface area contributed by atoms with Crippen molar-refractivity contribution in [2.24, 2.45) is 5.92 Å². The van der Waals surface area contributed by atoms with E-state index in [1.165, 1.54) is 25.9 Å². The summed E-state index contributed by atoms with van der Waals surface area (Å²) in [5, 5.41) is 3.42. The second-order valence-electron chi connectivity index (χ2n) is 4.66. The van der Waals surface area contributed by atoms with Gasteiger partial charge < -0.3 is 15.0 Å². The van der Waals surface area contributed by atoms with Crippen molar-refractivity contribution in [1.82, 2.24) is 10.2 Å². The predicted octanol–water partition coefficient (Wildman–Crippen LogP) is 0.952. The van der Waals surface area contributed by atoms with E-state index in [0.717, 1.165) is 12.5 Å². The largest absolute Gasteiger partial charge is 0.374 e. The lowest BCUT2D eigenvalue weighted by Crippen LogP contribution is -2.56. The van der Waals surface area contributed by atoms with Gasteiger partial charge in [0.05, 0.1) is 6.61 Å². The molecule has 3 saturated heterocycles. The van der Waals surface area contributed by atoms with Crippen LogP contribution < -0.4 is 5.32 Å². The first-order valence-electron chi connectivity index (χ1n) is 6.07. The minimum atomic E-state index is -2.35. The molecule has 0 saturated carbocycles. The average molecular weight is 234 g/mol. The van der Waals surface area contributed by atoms with E-state index in [-0.39, 0.29) is 0 Å². The number of alkyl halides is 2. The molecule has 0 aromatic carbocycles. The number of nitrogens with one attached hydrogen (secondary N) is 1. The molecule has 0 radical (unpaired) electrons. The Bertz CT molecular complexity index is 208. The van der Waals surface area contributed by atoms with Gasteiger partial charge in [-0.15, -0.1) is 0 Å². The minimum absolute atomic E-state index is 0.383. The van der Waals surface area contributed by atoms with Gasteiger partial charge in [0.2, 0.25) is 0 Å². The maximum Gasteiger partial charge on any atom is 0.261 e. The SMILES string of the molecule is FC(F)COCCNC1CN2CCC1CC2. The molecule has 3 fully saturated rings. The number of hydrogen-bond donors (Lipinski definition) is 1. The van der Waals surface area contributed by atoms with E-state index < -0.39 is 13.0 Å². The lowest BCUT2D eigenvalue weighted by molar-refractivity contribution is 0.0142. The van der Waals surface area contributed by atoms with Crippen LogP contribution >= 0.6 is 0 Å². The first kappa shape index (κ1) is 12.2. The highest BCUT2D eigenvalue weighted by molar-refractivity contribution is 4.90. The van der Waals surface area contributed by atoms with Crippen molar-refractivity contribution in [1.29, 1.82) is 0 Å². The zero-order chi connectivity index (χ0) is 11.4. The van der Waals surface area contributed by atoms with Crippen LogP contribution in [0.2, 0.25) is 0 Å². The monoisotopic (exact) mass is 234 g/mol. The topological polar surface area (TPSA) is 24.5 Å². The van der Waals surface area contributed by atoms with Gasteiger partial charge >= 0.3 is 0 Å². The smallest absolute Gasteiger partial charge is 0.261 e. The Hall–Kier alpha value is -0.260. The lowest BCUT2D eigenvalue weighted by Gasteiger charge is -2.45. The first-order valence-corrected chi connectivity index (χ1v) is 6.07. The van der Waals surface area contributed by atoms with E-state index in [0.29, 0.717) is 19.2 Å². The van der Waals surface area contributed by atoms with Crippen LogP contribution in [0.1, 0.15) is 12.8 Å². The molecule has 16 heavy (non-hydrogen) atoms. The van der Waals surface area contributed by atoms with Crippen LogP contribution in [0.4, 0.5) is 8.78 Å². The Labute approximate surface area is 95.1 Å². The third kappa shape index (κ3) is 3.37. The molecule has 0 aromatic rings. The third-order valence-corrected chi connectivity index (χ3v) is 3.55. The number of fused-ring (bicyclic) bond motifs is 3. The van der Waals surface area contributed by atoms with Gasteiger partial charge in [-0.05, 0) is 31.8 Å². The summed E-state index contributed by atoms with van der Waals surface area (Å²) in [6.07, 6.45) is 0.197. The van der Waals surface area contributed by atoms with E-state index in [9.17, 15) is 8.78 Å². The number of rotatable bonds is 6. The average Bonchev–Trinajstić information content (AvgIpc) is 2.30. The van der Waals surface area contributed by atoms with Crippen molar-refractivity contribution >= 4 is 0 Å². The highest BCUT2D eigenvalue weighted by Gasteiger charge is 2.33. The van der Waals surface area contributed by atoms with Gasteiger partial charge in [0, 0.05) is 19.1 Å². The number of nitrogens with zero attached hydrogens (tertiary/aromatic N) is 1. The van der Waals surface area contributed by atoms with Crippen molar-refractivity contribution in [2.45, 2.75) is 25.3 Å². The molecule has 0 spiro atoms. The summed E-state index contributed by atoms with van der Waals surface area (Å²) in [7, 11) is 0. The lowest BCUT2D eigenvalue weighted by atomic mass is 9.84. The Morgan fingerprint density at radius 2 is 2.06 bits per heavy atom. The number of ether oxygens (including phenoxy) is 1. The number of halogens is 2. The fourth-order valence-electron chi connectivity index (χ4n) is 2.69. The fourth-order valence-corrected chi connectivity index (χ4v) is 2.69. The molecule has 3 aliphatic heterocycles. The highest BCUT2D eigenvalue weighted by Crippen LogP contribution is 2.27. The van der Waals surface area contributed by atoms with E-state index >= 15 is 0 Å². The van der Waals surface area contributed by atoms with Crippen LogP contribution in [0.25, 0.3) is 0 Å². The summed E-state index contributed by atoms with van der Waals surface area (Å²) in [4.78, 5) is 2.47. The molecule has 3 rings (SSSR count). The number of piperidine rings is 3. The molecule has 2 bridgehead atoms. The molecular weight excluding hydrogens is 214 g/mol. The third-order valence-electron chi connectivity index (χ3n) is 3.55. The molecule has 94 valence electrons. The van der Waals surface area contributed by atoms with Crippen LogP contribution in [-0.2, 0) is 4.74 Å². The highest BCUT2D eigenvalue weighted by atomic mass is 19.3. The Balaban J connectivity index is 1.56. The Morgan fingerprint density at radius 3 is 2.62 bits per heavy atom. The molecule has 1 N–H and O–H groups in total. The van der Waals surface area contributed by atoms with Crippen LogP contribution in [0.15, 0.2) is 0 Å². The predicted molar refractivity (Wildman–Crippen MR) is 57.8 cm³/mol. The zero-order valence-electron chi connectivity index (χ0n) is 9.50. The van der Waals surface area contributed by atoms with E-state index in [2.05, 4.69) is 10.2 Å². The standard InChI is InChI=1S/C11H20F2N2O/c12-11(13)8-16-6-3-14-10-7-15-4-1-9(10)2-5-15/h9-11,14H,1-8H2. The van der Waals surface area contributed by atoms with Gasteiger partial charge in [0.1, 0.15) is 6.61 Å². The summed E-state index contributed by atoms with van der Waals surface area (Å²) in [5.74, 6) is 0.778. The summed E-state index contributed by atoms with van der Waals surface area (Å²) in [6.45, 7) is 4.19. The van der Waals surface area contributed by atoms with E-state index in [4.69, 9.17) is 4.74 Å². The Morgan fingerprint density at radius 1 is 1.31 bits per heavy atom. The van der Waals surface area contributed by atoms with E-state index in [1.807, 2.05) is 0 Å². The van der Waals surface area contributed by atoms with Crippen LogP contribution in [-0.4, -0.2) is 56.8 Å². The van der Waals surface area contributed by atoms with Gasteiger partial charge in [-0.2, -0.15) is 0 Å². The van der Waals surface area contributed by atoms with Crippen molar-refractivity contribution in [3.8, 4) is 0 Å². The minimum Gasteiger partial charge on any atom is -0.374 e. The van der Waals surface area contributed by atoms with Gasteiger partial charge in [-0.3, -0.25) is 0 Å². The summed E-state index contributed by atoms with van der Waals surface area (Å²) in [6, 6.07) is 0.539. The summed E-state index contributed by atoms with van der Waals surface area (Å²) >= 11 is 0. The second-order valence-corrected chi connectivity index (χ2v) is 4.66. The molecule has 1 atom stereocenters. The second kappa shape index (κ2) is 5.89. The maximum absolute atomic E-state index is 11.8. The van der Waals surface area contributed by atoms with Gasteiger partial charge in [-0.25, -0.2) is 8.78 Å². The fraction of sp³-hybridized carbons (Fsp3) is 1.00. The maximum atomic E-state index is 11.8. The van der Waals surface area contributed by atoms with Gasteiger partial charge in [-0.1, -0.05) is 0 Å². The molecule has 3 nitrogen and oxygen atoms in total. The molecule has 0 aromatic heterocycles. The van der Waals surface area contributed by atoms with Crippen molar-refractivity contribution in [2.75, 3.05) is 39.4 Å². The first-order chi connectivity index (χ1) is 7.75. The van der Waals surface area contributed by atoms with Crippen LogP contribution in [0, 0.1) is 5.92 Å². The van der Waals surface area contributed by atoms with E-state index in [1.54, 1.807) is 0 Å². The molecular formula is C11H20F2N2O. The van der Waals surface area contributed by atoms with Crippen molar-refractivity contribution < 1.29 is 13.5 Å². The molecule has 5 heteroatoms. The van der Waals surface area contributed by atoms with Crippen molar-refractivity contribution in [3.05, 3.63) is 0 Å². The molecule has 1 unspecified atom stereocenters. The van der Waals surface area contributed by atoms with Crippen LogP contribution in [0.5, 0.6) is 0 Å². The Kier molecular flexibility index (Phi) is 4.49. The normalized spacial score (nSPS) is 33.6. The van der Waals surface area contributed by atoms with Gasteiger partial charge in [0.25, 0.3) is 6.43 Å². The number of hydrogen-bond acceptors (Lipinski definition) is 3. The van der Waals surface area contributed by atoms with Gasteiger partial charge in [0.15, 0.2) is 0 Å². The van der Waals surface area contributed by atoms with Crippen molar-refractivity contribution in [3.63, 3.8) is 0 Å². The summed E-state index contributed by atoms with van der Waals surface area (Å²) < 4.78 is 28.4. The molecule has 0 amide bonds. The molecule has 3 aliphatic rings. The molecule has 0 aliphatic carbocycles. The molecule has 3 heterocycles.